The summed E-state index contributed by atoms with van der Waals surface area (Å²) in [4.78, 5) is 0. The first-order valence-corrected chi connectivity index (χ1v) is 6.36. The molecule has 1 unspecified atom stereocenters. The van der Waals surface area contributed by atoms with Gasteiger partial charge < -0.3 is 10.1 Å². The Hall–Kier alpha value is -1.07. The average Bonchev–Trinajstić information content (AvgIpc) is 2.32. The van der Waals surface area contributed by atoms with E-state index in [0.717, 1.165) is 30.5 Å². The molecule has 1 fully saturated rings. The second kappa shape index (κ2) is 5.51. The molecule has 0 amide bonds. The van der Waals surface area contributed by atoms with Crippen molar-refractivity contribution in [1.29, 1.82) is 0 Å². The van der Waals surface area contributed by atoms with E-state index in [1.54, 1.807) is 7.11 Å². The van der Waals surface area contributed by atoms with E-state index >= 15 is 0 Å². The van der Waals surface area contributed by atoms with Crippen molar-refractivity contribution >= 4 is 0 Å². The number of hydrogen-bond donors (Lipinski definition) is 1. The smallest absolute Gasteiger partial charge is 0.381 e. The topological polar surface area (TPSA) is 21.3 Å². The molecule has 2 rings (SSSR count). The molecule has 19 heavy (non-hydrogen) atoms. The Bertz CT molecular complexity index is 410. The van der Waals surface area contributed by atoms with Crippen LogP contribution < -0.4 is 5.32 Å². The van der Waals surface area contributed by atoms with Crippen molar-refractivity contribution < 1.29 is 17.9 Å². The van der Waals surface area contributed by atoms with Crippen molar-refractivity contribution in [2.24, 2.45) is 0 Å². The summed E-state index contributed by atoms with van der Waals surface area (Å²) in [6.45, 7) is 1.96. The van der Waals surface area contributed by atoms with Gasteiger partial charge in [-0.25, -0.2) is 0 Å². The summed E-state index contributed by atoms with van der Waals surface area (Å²) < 4.78 is 42.5. The Morgan fingerprint density at radius 2 is 1.79 bits per heavy atom. The van der Waals surface area contributed by atoms with Gasteiger partial charge in [0.2, 0.25) is 0 Å². The Labute approximate surface area is 111 Å². The standard InChI is InChI=1S/C14H18F3NO/c1-9(18-12-7-13(8-12)19-2)10-3-5-11(6-4-10)14(15,16)17/h3-6,9,12-13,18H,7-8H2,1-2H3. The lowest BCUT2D eigenvalue weighted by Gasteiger charge is -2.36. The zero-order chi connectivity index (χ0) is 14.0. The summed E-state index contributed by atoms with van der Waals surface area (Å²) in [6, 6.07) is 5.77. The number of alkyl halides is 3. The third kappa shape index (κ3) is 3.48. The van der Waals surface area contributed by atoms with Crippen LogP contribution in [0.1, 0.15) is 36.9 Å². The molecule has 1 atom stereocenters. The van der Waals surface area contributed by atoms with E-state index in [2.05, 4.69) is 5.32 Å². The molecule has 1 N–H and O–H groups in total. The monoisotopic (exact) mass is 273 g/mol. The molecule has 0 radical (unpaired) electrons. The Morgan fingerprint density at radius 1 is 1.21 bits per heavy atom. The molecule has 1 aliphatic rings. The zero-order valence-corrected chi connectivity index (χ0v) is 11.0. The minimum atomic E-state index is -4.27. The molecule has 0 heterocycles. The zero-order valence-electron chi connectivity index (χ0n) is 11.0. The van der Waals surface area contributed by atoms with E-state index in [1.807, 2.05) is 6.92 Å². The molecule has 0 spiro atoms. The van der Waals surface area contributed by atoms with Gasteiger partial charge in [0.15, 0.2) is 0 Å². The number of nitrogens with one attached hydrogen (secondary N) is 1. The van der Waals surface area contributed by atoms with Gasteiger partial charge in [-0.1, -0.05) is 12.1 Å². The first-order chi connectivity index (χ1) is 8.90. The summed E-state index contributed by atoms with van der Waals surface area (Å²) in [7, 11) is 1.69. The molecule has 5 heteroatoms. The lowest BCUT2D eigenvalue weighted by atomic mass is 9.88. The molecule has 0 saturated heterocycles. The van der Waals surface area contributed by atoms with Crippen molar-refractivity contribution in [2.45, 2.75) is 44.1 Å². The Balaban J connectivity index is 1.91. The van der Waals surface area contributed by atoms with Crippen LogP contribution in [0, 0.1) is 0 Å². The summed E-state index contributed by atoms with van der Waals surface area (Å²) >= 11 is 0. The van der Waals surface area contributed by atoms with Crippen LogP contribution in [0.2, 0.25) is 0 Å². The molecule has 1 aliphatic carbocycles. The van der Waals surface area contributed by atoms with Crippen LogP contribution in [0.3, 0.4) is 0 Å². The van der Waals surface area contributed by atoms with Gasteiger partial charge in [0.05, 0.1) is 11.7 Å². The number of methoxy groups -OCH3 is 1. The minimum Gasteiger partial charge on any atom is -0.381 e. The third-order valence-corrected chi connectivity index (χ3v) is 3.65. The molecule has 0 aromatic heterocycles. The van der Waals surface area contributed by atoms with Crippen molar-refractivity contribution in [3.8, 4) is 0 Å². The average molecular weight is 273 g/mol. The van der Waals surface area contributed by atoms with E-state index in [4.69, 9.17) is 4.74 Å². The van der Waals surface area contributed by atoms with E-state index in [1.165, 1.54) is 12.1 Å². The SMILES string of the molecule is COC1CC(NC(C)c2ccc(C(F)(F)F)cc2)C1. The highest BCUT2D eigenvalue weighted by Gasteiger charge is 2.31. The largest absolute Gasteiger partial charge is 0.416 e. The maximum absolute atomic E-state index is 12.4. The lowest BCUT2D eigenvalue weighted by molar-refractivity contribution is -0.137. The number of rotatable bonds is 4. The second-order valence-corrected chi connectivity index (χ2v) is 5.03. The number of hydrogen-bond acceptors (Lipinski definition) is 2. The minimum absolute atomic E-state index is 0.0464. The fraction of sp³-hybridized carbons (Fsp3) is 0.571. The summed E-state index contributed by atoms with van der Waals surface area (Å²) in [5.74, 6) is 0. The van der Waals surface area contributed by atoms with Gasteiger partial charge in [0.25, 0.3) is 0 Å². The molecule has 106 valence electrons. The molecular weight excluding hydrogens is 255 g/mol. The van der Waals surface area contributed by atoms with Gasteiger partial charge >= 0.3 is 6.18 Å². The van der Waals surface area contributed by atoms with Gasteiger partial charge in [-0.3, -0.25) is 0 Å². The van der Waals surface area contributed by atoms with Crippen LogP contribution in [0.25, 0.3) is 0 Å². The van der Waals surface area contributed by atoms with Crippen molar-refractivity contribution in [1.82, 2.24) is 5.32 Å². The van der Waals surface area contributed by atoms with Crippen molar-refractivity contribution in [2.75, 3.05) is 7.11 Å². The normalized spacial score (nSPS) is 24.9. The second-order valence-electron chi connectivity index (χ2n) is 5.03. The highest BCUT2D eigenvalue weighted by molar-refractivity contribution is 5.26. The highest BCUT2D eigenvalue weighted by atomic mass is 19.4. The predicted octanol–water partition coefficient (Wildman–Crippen LogP) is 3.53. The van der Waals surface area contributed by atoms with E-state index in [0.29, 0.717) is 12.1 Å². The van der Waals surface area contributed by atoms with E-state index in [9.17, 15) is 13.2 Å². The van der Waals surface area contributed by atoms with Crippen LogP contribution in [-0.4, -0.2) is 19.3 Å². The molecule has 1 aromatic rings. The van der Waals surface area contributed by atoms with Gasteiger partial charge in [0.1, 0.15) is 0 Å². The summed E-state index contributed by atoms with van der Waals surface area (Å²) in [5, 5.41) is 3.39. The van der Waals surface area contributed by atoms with Crippen LogP contribution in [0.4, 0.5) is 13.2 Å². The lowest BCUT2D eigenvalue weighted by Crippen LogP contribution is -2.45. The molecular formula is C14H18F3NO. The van der Waals surface area contributed by atoms with Gasteiger partial charge in [-0.05, 0) is 37.5 Å². The van der Waals surface area contributed by atoms with Crippen LogP contribution >= 0.6 is 0 Å². The molecule has 2 nitrogen and oxygen atoms in total. The first kappa shape index (κ1) is 14.3. The third-order valence-electron chi connectivity index (χ3n) is 3.65. The van der Waals surface area contributed by atoms with Crippen molar-refractivity contribution in [3.05, 3.63) is 35.4 Å². The van der Waals surface area contributed by atoms with Crippen LogP contribution in [0.5, 0.6) is 0 Å². The highest BCUT2D eigenvalue weighted by Crippen LogP contribution is 2.30. The fourth-order valence-electron chi connectivity index (χ4n) is 2.30. The van der Waals surface area contributed by atoms with Crippen LogP contribution in [0.15, 0.2) is 24.3 Å². The maximum Gasteiger partial charge on any atom is 0.416 e. The molecule has 1 aromatic carbocycles. The van der Waals surface area contributed by atoms with E-state index in [-0.39, 0.29) is 6.04 Å². The van der Waals surface area contributed by atoms with Gasteiger partial charge in [-0.2, -0.15) is 13.2 Å². The van der Waals surface area contributed by atoms with Crippen molar-refractivity contribution in [3.63, 3.8) is 0 Å². The quantitative estimate of drug-likeness (QED) is 0.906. The molecule has 1 saturated carbocycles. The Kier molecular flexibility index (Phi) is 4.16. The Morgan fingerprint density at radius 3 is 2.26 bits per heavy atom. The van der Waals surface area contributed by atoms with Gasteiger partial charge in [-0.15, -0.1) is 0 Å². The fourth-order valence-corrected chi connectivity index (χ4v) is 2.30. The number of halogens is 3. The van der Waals surface area contributed by atoms with Gasteiger partial charge in [0, 0.05) is 19.2 Å². The van der Waals surface area contributed by atoms with Crippen LogP contribution in [-0.2, 0) is 10.9 Å². The predicted molar refractivity (Wildman–Crippen MR) is 66.8 cm³/mol. The maximum atomic E-state index is 12.4. The summed E-state index contributed by atoms with van der Waals surface area (Å²) in [5.41, 5.74) is 0.264. The number of ether oxygens (including phenoxy) is 1. The van der Waals surface area contributed by atoms with E-state index < -0.39 is 11.7 Å². The molecule has 0 bridgehead atoms. The number of benzene rings is 1. The summed E-state index contributed by atoms with van der Waals surface area (Å²) in [6.07, 6.45) is -2.03. The molecule has 0 aliphatic heterocycles. The first-order valence-electron chi connectivity index (χ1n) is 6.36.